The zero-order valence-electron chi connectivity index (χ0n) is 14.1. The molecule has 2 aromatic rings. The molecule has 4 N–H and O–H groups in total. The van der Waals surface area contributed by atoms with Crippen molar-refractivity contribution in [3.63, 3.8) is 0 Å². The smallest absolute Gasteiger partial charge is 0.305 e. The van der Waals surface area contributed by atoms with Gasteiger partial charge in [0.25, 0.3) is 5.91 Å². The highest BCUT2D eigenvalue weighted by Gasteiger charge is 2.17. The molecule has 0 atom stereocenters. The predicted octanol–water partition coefficient (Wildman–Crippen LogP) is 0.640. The van der Waals surface area contributed by atoms with Crippen molar-refractivity contribution in [2.45, 2.75) is 12.8 Å². The summed E-state index contributed by atoms with van der Waals surface area (Å²) in [6.45, 7) is 0.435. The third kappa shape index (κ3) is 5.45. The van der Waals surface area contributed by atoms with Crippen molar-refractivity contribution in [3.05, 3.63) is 42.2 Å². The van der Waals surface area contributed by atoms with Crippen LogP contribution in [-0.4, -0.2) is 45.5 Å². The van der Waals surface area contributed by atoms with E-state index in [9.17, 15) is 14.7 Å². The van der Waals surface area contributed by atoms with E-state index in [2.05, 4.69) is 26.0 Å². The number of esters is 1. The molecule has 0 aliphatic heterocycles. The molecule has 0 saturated heterocycles. The van der Waals surface area contributed by atoms with Gasteiger partial charge in [-0.3, -0.25) is 20.4 Å². The molecule has 0 aliphatic rings. The number of hydrogen-bond acceptors (Lipinski definition) is 6. The number of benzene rings is 1. The monoisotopic (exact) mass is 377 g/mol. The Morgan fingerprint density at radius 1 is 1.27 bits per heavy atom. The molecule has 0 bridgehead atoms. The van der Waals surface area contributed by atoms with E-state index in [-0.39, 0.29) is 28.9 Å². The van der Waals surface area contributed by atoms with Crippen LogP contribution >= 0.6 is 12.2 Å². The van der Waals surface area contributed by atoms with Crippen molar-refractivity contribution in [2.24, 2.45) is 0 Å². The molecule has 0 saturated carbocycles. The molecule has 2 rings (SSSR count). The van der Waals surface area contributed by atoms with E-state index in [1.807, 2.05) is 18.2 Å². The van der Waals surface area contributed by atoms with Crippen LogP contribution in [0.4, 0.5) is 0 Å². The quantitative estimate of drug-likeness (QED) is 0.251. The number of nitrogens with zero attached hydrogens (tertiary/aromatic N) is 2. The number of aromatic nitrogens is 2. The maximum atomic E-state index is 12.1. The molecule has 1 heterocycles. The summed E-state index contributed by atoms with van der Waals surface area (Å²) in [6.07, 6.45) is 2.14. The number of rotatable bonds is 6. The molecular formula is C16H19N5O4S. The SMILES string of the molecule is COC(=O)CCCNC(=S)NNC(=O)c1nn(-c2ccccc2)cc1O. The number of hydrazine groups is 1. The number of carbonyl (C=O) groups excluding carboxylic acids is 2. The molecule has 0 fully saturated rings. The van der Waals surface area contributed by atoms with Crippen LogP contribution in [0.2, 0.25) is 0 Å². The number of hydrogen-bond donors (Lipinski definition) is 4. The summed E-state index contributed by atoms with van der Waals surface area (Å²) in [5, 5.41) is 17.0. The fraction of sp³-hybridized carbons (Fsp3) is 0.250. The lowest BCUT2D eigenvalue weighted by Gasteiger charge is -2.10. The Bertz CT molecular complexity index is 778. The van der Waals surface area contributed by atoms with Gasteiger partial charge in [0.05, 0.1) is 19.0 Å². The molecule has 1 amide bonds. The minimum atomic E-state index is -0.643. The summed E-state index contributed by atoms with van der Waals surface area (Å²) < 4.78 is 5.92. The van der Waals surface area contributed by atoms with Gasteiger partial charge in [-0.25, -0.2) is 4.68 Å². The highest BCUT2D eigenvalue weighted by molar-refractivity contribution is 7.80. The predicted molar refractivity (Wildman–Crippen MR) is 97.7 cm³/mol. The lowest BCUT2D eigenvalue weighted by molar-refractivity contribution is -0.140. The van der Waals surface area contributed by atoms with E-state index in [1.165, 1.54) is 18.0 Å². The van der Waals surface area contributed by atoms with Gasteiger partial charge in [0, 0.05) is 13.0 Å². The van der Waals surface area contributed by atoms with Crippen LogP contribution in [0.25, 0.3) is 5.69 Å². The molecule has 1 aromatic heterocycles. The zero-order valence-corrected chi connectivity index (χ0v) is 14.9. The number of thiocarbonyl (C=S) groups is 1. The number of ether oxygens (including phenoxy) is 1. The Morgan fingerprint density at radius 3 is 2.69 bits per heavy atom. The Labute approximate surface area is 155 Å². The van der Waals surface area contributed by atoms with Crippen LogP contribution in [-0.2, 0) is 9.53 Å². The summed E-state index contributed by atoms with van der Waals surface area (Å²) in [5.74, 6) is -1.20. The highest BCUT2D eigenvalue weighted by Crippen LogP contribution is 2.17. The Morgan fingerprint density at radius 2 is 2.00 bits per heavy atom. The maximum Gasteiger partial charge on any atom is 0.305 e. The maximum absolute atomic E-state index is 12.1. The minimum absolute atomic E-state index is 0.144. The molecule has 9 nitrogen and oxygen atoms in total. The van der Waals surface area contributed by atoms with Crippen molar-refractivity contribution < 1.29 is 19.4 Å². The van der Waals surface area contributed by atoms with Gasteiger partial charge in [-0.15, -0.1) is 0 Å². The average molecular weight is 377 g/mol. The zero-order chi connectivity index (χ0) is 18.9. The van der Waals surface area contributed by atoms with E-state index >= 15 is 0 Å². The van der Waals surface area contributed by atoms with E-state index in [4.69, 9.17) is 12.2 Å². The number of para-hydroxylation sites is 1. The summed E-state index contributed by atoms with van der Waals surface area (Å²) in [6, 6.07) is 9.07. The molecule has 0 unspecified atom stereocenters. The Hall–Kier alpha value is -3.14. The van der Waals surface area contributed by atoms with Gasteiger partial charge in [-0.05, 0) is 30.8 Å². The van der Waals surface area contributed by atoms with Gasteiger partial charge < -0.3 is 15.2 Å². The molecule has 0 aliphatic carbocycles. The van der Waals surface area contributed by atoms with Crippen molar-refractivity contribution in [1.82, 2.24) is 25.9 Å². The summed E-state index contributed by atoms with van der Waals surface area (Å²) >= 11 is 5.00. The number of nitrogens with one attached hydrogen (secondary N) is 3. The highest BCUT2D eigenvalue weighted by atomic mass is 32.1. The van der Waals surface area contributed by atoms with Crippen LogP contribution in [0.1, 0.15) is 23.3 Å². The fourth-order valence-corrected chi connectivity index (χ4v) is 2.15. The van der Waals surface area contributed by atoms with E-state index < -0.39 is 5.91 Å². The van der Waals surface area contributed by atoms with E-state index in [0.29, 0.717) is 18.7 Å². The second kappa shape index (κ2) is 9.37. The van der Waals surface area contributed by atoms with Crippen molar-refractivity contribution in [3.8, 4) is 11.4 Å². The summed E-state index contributed by atoms with van der Waals surface area (Å²) in [5.41, 5.74) is 5.41. The van der Waals surface area contributed by atoms with Gasteiger partial charge >= 0.3 is 5.97 Å². The molecule has 1 aromatic carbocycles. The molecular weight excluding hydrogens is 358 g/mol. The fourth-order valence-electron chi connectivity index (χ4n) is 1.99. The van der Waals surface area contributed by atoms with Gasteiger partial charge in [0.15, 0.2) is 16.6 Å². The Balaban J connectivity index is 1.82. The van der Waals surface area contributed by atoms with E-state index in [0.717, 1.165) is 0 Å². The van der Waals surface area contributed by atoms with Gasteiger partial charge in [0.1, 0.15) is 0 Å². The second-order valence-corrected chi connectivity index (χ2v) is 5.57. The van der Waals surface area contributed by atoms with Crippen LogP contribution < -0.4 is 16.2 Å². The summed E-state index contributed by atoms with van der Waals surface area (Å²) in [7, 11) is 1.33. The first-order valence-electron chi connectivity index (χ1n) is 7.76. The van der Waals surface area contributed by atoms with Crippen LogP contribution in [0.15, 0.2) is 36.5 Å². The third-order valence-electron chi connectivity index (χ3n) is 3.29. The number of aromatic hydroxyl groups is 1. The average Bonchev–Trinajstić information content (AvgIpc) is 3.05. The third-order valence-corrected chi connectivity index (χ3v) is 3.54. The van der Waals surface area contributed by atoms with Crippen LogP contribution in [0.3, 0.4) is 0 Å². The Kier molecular flexibility index (Phi) is 6.92. The van der Waals surface area contributed by atoms with Crippen molar-refractivity contribution >= 4 is 29.2 Å². The number of amides is 1. The van der Waals surface area contributed by atoms with E-state index in [1.54, 1.807) is 12.1 Å². The number of carbonyl (C=O) groups is 2. The largest absolute Gasteiger partial charge is 0.504 e. The van der Waals surface area contributed by atoms with Crippen molar-refractivity contribution in [2.75, 3.05) is 13.7 Å². The van der Waals surface area contributed by atoms with Gasteiger partial charge in [-0.2, -0.15) is 5.10 Å². The summed E-state index contributed by atoms with van der Waals surface area (Å²) in [4.78, 5) is 23.1. The molecule has 26 heavy (non-hydrogen) atoms. The van der Waals surface area contributed by atoms with Gasteiger partial charge in [0.2, 0.25) is 0 Å². The lowest BCUT2D eigenvalue weighted by Crippen LogP contribution is -2.47. The molecule has 138 valence electrons. The minimum Gasteiger partial charge on any atom is -0.504 e. The molecule has 0 spiro atoms. The van der Waals surface area contributed by atoms with Crippen LogP contribution in [0.5, 0.6) is 5.75 Å². The van der Waals surface area contributed by atoms with Gasteiger partial charge in [-0.1, -0.05) is 18.2 Å². The first kappa shape index (κ1) is 19.2. The lowest BCUT2D eigenvalue weighted by atomic mass is 10.3. The standard InChI is InChI=1S/C16H19N5O4S/c1-25-13(23)8-5-9-17-16(26)19-18-15(24)14-12(22)10-21(20-14)11-6-3-2-4-7-11/h2-4,6-7,10,22H,5,8-9H2,1H3,(H,18,24)(H2,17,19,26). The van der Waals surface area contributed by atoms with Crippen molar-refractivity contribution in [1.29, 1.82) is 0 Å². The molecule has 10 heteroatoms. The first-order valence-corrected chi connectivity index (χ1v) is 8.17. The topological polar surface area (TPSA) is 118 Å². The number of methoxy groups -OCH3 is 1. The normalized spacial score (nSPS) is 10.0. The first-order chi connectivity index (χ1) is 12.5. The molecule has 0 radical (unpaired) electrons. The second-order valence-electron chi connectivity index (χ2n) is 5.16. The van der Waals surface area contributed by atoms with Crippen LogP contribution in [0, 0.1) is 0 Å².